The number of para-hydroxylation sites is 1. The first kappa shape index (κ1) is 25.6. The fourth-order valence-corrected chi connectivity index (χ4v) is 4.99. The molecular weight excluding hydrogens is 498 g/mol. The Morgan fingerprint density at radius 3 is 2.58 bits per heavy atom. The molecule has 2 aromatic carbocycles. The van der Waals surface area contributed by atoms with E-state index in [2.05, 4.69) is 46.4 Å². The number of hydrogen-bond donors (Lipinski definition) is 1. The quantitative estimate of drug-likeness (QED) is 0.252. The predicted octanol–water partition coefficient (Wildman–Crippen LogP) is 6.05. The van der Waals surface area contributed by atoms with E-state index >= 15 is 0 Å². The zero-order chi connectivity index (χ0) is 26.6. The molecule has 0 saturated carbocycles. The molecule has 0 unspecified atom stereocenters. The van der Waals surface area contributed by atoms with Crippen molar-refractivity contribution in [1.82, 2.24) is 34.7 Å². The number of unbranched alkanes of at least 4 members (excludes halogenated alkanes) is 1. The van der Waals surface area contributed by atoms with E-state index in [4.69, 9.17) is 11.6 Å². The monoisotopic (exact) mass is 527 g/mol. The molecule has 5 aromatic rings. The van der Waals surface area contributed by atoms with Crippen LogP contribution >= 0.6 is 11.6 Å². The van der Waals surface area contributed by atoms with Gasteiger partial charge in [0.15, 0.2) is 0 Å². The number of pyridine rings is 1. The van der Waals surface area contributed by atoms with Crippen LogP contribution in [0.1, 0.15) is 56.4 Å². The Labute approximate surface area is 226 Å². The first-order valence-corrected chi connectivity index (χ1v) is 13.2. The highest BCUT2D eigenvalue weighted by Gasteiger charge is 2.19. The van der Waals surface area contributed by atoms with Crippen molar-refractivity contribution in [3.8, 4) is 28.3 Å². The molecule has 0 aliphatic rings. The Kier molecular flexibility index (Phi) is 7.51. The molecule has 0 amide bonds. The number of aromatic nitrogens is 7. The minimum absolute atomic E-state index is 0.0816. The summed E-state index contributed by atoms with van der Waals surface area (Å²) in [5, 5.41) is 14.9. The Hall–Kier alpha value is -4.04. The fraction of sp³-hybridized carbons (Fsp3) is 0.276. The Morgan fingerprint density at radius 1 is 1.05 bits per heavy atom. The van der Waals surface area contributed by atoms with E-state index in [1.807, 2.05) is 65.4 Å². The Bertz CT molecular complexity index is 1580. The number of benzene rings is 2. The summed E-state index contributed by atoms with van der Waals surface area (Å²) in [6.07, 6.45) is 6.55. The van der Waals surface area contributed by atoms with Crippen molar-refractivity contribution in [3.63, 3.8) is 0 Å². The van der Waals surface area contributed by atoms with Crippen LogP contribution in [0.15, 0.2) is 71.8 Å². The van der Waals surface area contributed by atoms with Crippen LogP contribution in [-0.4, -0.2) is 34.7 Å². The third kappa shape index (κ3) is 5.04. The first-order chi connectivity index (χ1) is 18.5. The van der Waals surface area contributed by atoms with Crippen LogP contribution in [0.2, 0.25) is 5.02 Å². The van der Waals surface area contributed by atoms with Gasteiger partial charge in [-0.2, -0.15) is 5.21 Å². The molecular formula is C29H30ClN7O. The van der Waals surface area contributed by atoms with Crippen molar-refractivity contribution in [2.75, 3.05) is 0 Å². The number of H-pyrrole nitrogens is 1. The van der Waals surface area contributed by atoms with Gasteiger partial charge in [0.05, 0.1) is 17.3 Å². The summed E-state index contributed by atoms with van der Waals surface area (Å²) in [5.74, 6) is 0.675. The fourth-order valence-electron chi connectivity index (χ4n) is 4.72. The van der Waals surface area contributed by atoms with Crippen LogP contribution in [0.4, 0.5) is 0 Å². The van der Waals surface area contributed by atoms with E-state index in [0.717, 1.165) is 52.9 Å². The lowest BCUT2D eigenvalue weighted by Crippen LogP contribution is -2.25. The molecule has 0 bridgehead atoms. The van der Waals surface area contributed by atoms with E-state index in [1.54, 1.807) is 10.8 Å². The normalized spacial score (nSPS) is 11.4. The van der Waals surface area contributed by atoms with E-state index in [9.17, 15) is 4.79 Å². The zero-order valence-corrected chi connectivity index (χ0v) is 22.5. The number of nitrogens with one attached hydrogen (secondary N) is 1. The van der Waals surface area contributed by atoms with Gasteiger partial charge in [-0.15, -0.1) is 10.2 Å². The van der Waals surface area contributed by atoms with Crippen LogP contribution in [0.5, 0.6) is 0 Å². The van der Waals surface area contributed by atoms with Gasteiger partial charge in [0.25, 0.3) is 0 Å². The first-order valence-electron chi connectivity index (χ1n) is 12.9. The van der Waals surface area contributed by atoms with Gasteiger partial charge < -0.3 is 0 Å². The van der Waals surface area contributed by atoms with Crippen molar-refractivity contribution in [2.24, 2.45) is 0 Å². The van der Waals surface area contributed by atoms with Gasteiger partial charge in [0, 0.05) is 23.7 Å². The smallest absolute Gasteiger partial charge is 0.292 e. The molecule has 8 nitrogen and oxygen atoms in total. The predicted molar refractivity (Wildman–Crippen MR) is 150 cm³/mol. The summed E-state index contributed by atoms with van der Waals surface area (Å²) in [6.45, 7) is 6.86. The average Bonchev–Trinajstić information content (AvgIpc) is 3.57. The van der Waals surface area contributed by atoms with Gasteiger partial charge in [-0.1, -0.05) is 81.3 Å². The average molecular weight is 528 g/mol. The number of rotatable bonds is 9. The third-order valence-electron chi connectivity index (χ3n) is 6.70. The van der Waals surface area contributed by atoms with Gasteiger partial charge in [-0.3, -0.25) is 14.1 Å². The van der Waals surface area contributed by atoms with Crippen molar-refractivity contribution in [3.05, 3.63) is 99.3 Å². The number of aryl methyl sites for hydroxylation is 1. The molecule has 1 N–H and O–H groups in total. The SMILES string of the molecule is CCCCc1cn(-c2c(Cl)cccc2C(C)C)c(=O)n1Cc1ccc(-c2cccnc2-c2nn[nH]n2)cc1. The molecule has 3 heterocycles. The van der Waals surface area contributed by atoms with Gasteiger partial charge in [-0.05, 0) is 52.8 Å². The highest BCUT2D eigenvalue weighted by molar-refractivity contribution is 6.32. The maximum Gasteiger partial charge on any atom is 0.333 e. The summed E-state index contributed by atoms with van der Waals surface area (Å²) in [6, 6.07) is 17.9. The highest BCUT2D eigenvalue weighted by Crippen LogP contribution is 2.30. The van der Waals surface area contributed by atoms with Gasteiger partial charge in [0.1, 0.15) is 5.69 Å². The molecule has 0 radical (unpaired) electrons. The van der Waals surface area contributed by atoms with Crippen LogP contribution in [-0.2, 0) is 13.0 Å². The van der Waals surface area contributed by atoms with E-state index < -0.39 is 0 Å². The lowest BCUT2D eigenvalue weighted by Gasteiger charge is -2.14. The zero-order valence-electron chi connectivity index (χ0n) is 21.7. The summed E-state index contributed by atoms with van der Waals surface area (Å²) in [5.41, 5.74) is 6.32. The maximum absolute atomic E-state index is 13.8. The van der Waals surface area contributed by atoms with Crippen LogP contribution in [0.25, 0.3) is 28.3 Å². The highest BCUT2D eigenvalue weighted by atomic mass is 35.5. The second-order valence-corrected chi connectivity index (χ2v) is 10.0. The van der Waals surface area contributed by atoms with Crippen molar-refractivity contribution in [1.29, 1.82) is 0 Å². The molecule has 0 atom stereocenters. The van der Waals surface area contributed by atoms with E-state index in [0.29, 0.717) is 23.1 Å². The summed E-state index contributed by atoms with van der Waals surface area (Å²) in [7, 11) is 0. The van der Waals surface area contributed by atoms with Crippen LogP contribution in [0.3, 0.4) is 0 Å². The standard InChI is InChI=1S/C29H30ClN7O/c1-4-5-8-22-18-37(27-23(19(2)3)9-6-11-25(27)30)29(38)36(22)17-20-12-14-21(15-13-20)24-10-7-16-31-26(24)28-32-34-35-33-28/h6-7,9-16,18-19H,4-5,8,17H2,1-3H3,(H,32,33,34,35). The number of tetrazole rings is 1. The number of halogens is 1. The molecule has 38 heavy (non-hydrogen) atoms. The Morgan fingerprint density at radius 2 is 1.87 bits per heavy atom. The Balaban J connectivity index is 1.51. The minimum atomic E-state index is -0.0816. The second-order valence-electron chi connectivity index (χ2n) is 9.63. The third-order valence-corrected chi connectivity index (χ3v) is 7.00. The molecule has 0 fully saturated rings. The molecule has 0 aliphatic carbocycles. The van der Waals surface area contributed by atoms with E-state index in [1.165, 1.54) is 0 Å². The number of imidazole rings is 1. The molecule has 3 aromatic heterocycles. The number of nitrogens with zero attached hydrogens (tertiary/aromatic N) is 6. The van der Waals surface area contributed by atoms with E-state index in [-0.39, 0.29) is 11.6 Å². The topological polar surface area (TPSA) is 94.3 Å². The number of hydrogen-bond acceptors (Lipinski definition) is 5. The van der Waals surface area contributed by atoms with Crippen molar-refractivity contribution >= 4 is 11.6 Å². The molecule has 0 aliphatic heterocycles. The maximum atomic E-state index is 13.8. The summed E-state index contributed by atoms with van der Waals surface area (Å²) < 4.78 is 3.59. The van der Waals surface area contributed by atoms with Crippen LogP contribution < -0.4 is 5.69 Å². The van der Waals surface area contributed by atoms with Gasteiger partial charge >= 0.3 is 5.69 Å². The van der Waals surface area contributed by atoms with Crippen LogP contribution in [0, 0.1) is 0 Å². The van der Waals surface area contributed by atoms with Gasteiger partial charge in [0.2, 0.25) is 5.82 Å². The summed E-state index contributed by atoms with van der Waals surface area (Å²) >= 11 is 6.64. The molecule has 5 rings (SSSR count). The molecule has 9 heteroatoms. The van der Waals surface area contributed by atoms with Crippen molar-refractivity contribution < 1.29 is 0 Å². The second kappa shape index (κ2) is 11.1. The lowest BCUT2D eigenvalue weighted by molar-refractivity contribution is 0.673. The number of aromatic amines is 1. The largest absolute Gasteiger partial charge is 0.333 e. The lowest BCUT2D eigenvalue weighted by atomic mass is 10.0. The van der Waals surface area contributed by atoms with Gasteiger partial charge in [-0.25, -0.2) is 4.79 Å². The van der Waals surface area contributed by atoms with Crippen molar-refractivity contribution in [2.45, 2.75) is 52.5 Å². The minimum Gasteiger partial charge on any atom is -0.292 e. The summed E-state index contributed by atoms with van der Waals surface area (Å²) in [4.78, 5) is 18.2. The molecule has 0 spiro atoms. The molecule has 194 valence electrons. The molecule has 0 saturated heterocycles.